The Morgan fingerprint density at radius 3 is 2.53 bits per heavy atom. The molecule has 1 atom stereocenters. The largest absolute Gasteiger partial charge is 0.490 e. The lowest BCUT2D eigenvalue weighted by Crippen LogP contribution is -2.10. The van der Waals surface area contributed by atoms with Gasteiger partial charge in [-0.2, -0.15) is 0 Å². The minimum absolute atomic E-state index is 0.0710. The van der Waals surface area contributed by atoms with Gasteiger partial charge in [-0.15, -0.1) is 0 Å². The quantitative estimate of drug-likeness (QED) is 0.866. The monoisotopic (exact) mass is 258 g/mol. The van der Waals surface area contributed by atoms with E-state index in [1.165, 1.54) is 0 Å². The second-order valence-electron chi connectivity index (χ2n) is 4.51. The van der Waals surface area contributed by atoms with Crippen molar-refractivity contribution in [2.45, 2.75) is 19.6 Å². The molecule has 0 radical (unpaired) electrons. The minimum Gasteiger partial charge on any atom is -0.490 e. The standard InChI is InChI=1S/C16H18O3/c1-12-7-8-16(14(9-12)10-17)19-11-15(18)13-5-3-2-4-6-13/h2-9,15,17-18H,10-11H2,1H3. The van der Waals surface area contributed by atoms with Gasteiger partial charge in [-0.3, -0.25) is 0 Å². The zero-order chi connectivity index (χ0) is 13.7. The number of aliphatic hydroxyl groups is 2. The fourth-order valence-corrected chi connectivity index (χ4v) is 1.91. The van der Waals surface area contributed by atoms with E-state index in [0.717, 1.165) is 16.7 Å². The van der Waals surface area contributed by atoms with Crippen LogP contribution in [-0.2, 0) is 6.61 Å². The topological polar surface area (TPSA) is 49.7 Å². The Balaban J connectivity index is 2.03. The highest BCUT2D eigenvalue weighted by Crippen LogP contribution is 2.22. The molecule has 0 amide bonds. The second-order valence-corrected chi connectivity index (χ2v) is 4.51. The van der Waals surface area contributed by atoms with Crippen molar-refractivity contribution >= 4 is 0 Å². The smallest absolute Gasteiger partial charge is 0.124 e. The maximum absolute atomic E-state index is 10.0. The van der Waals surface area contributed by atoms with Crippen LogP contribution in [0.1, 0.15) is 22.8 Å². The summed E-state index contributed by atoms with van der Waals surface area (Å²) in [6.45, 7) is 2.06. The lowest BCUT2D eigenvalue weighted by molar-refractivity contribution is 0.106. The molecule has 3 nitrogen and oxygen atoms in total. The van der Waals surface area contributed by atoms with E-state index in [4.69, 9.17) is 4.74 Å². The molecule has 2 rings (SSSR count). The minimum atomic E-state index is -0.672. The van der Waals surface area contributed by atoms with Gasteiger partial charge < -0.3 is 14.9 Å². The third kappa shape index (κ3) is 3.56. The van der Waals surface area contributed by atoms with Gasteiger partial charge in [0.15, 0.2) is 0 Å². The molecule has 19 heavy (non-hydrogen) atoms. The van der Waals surface area contributed by atoms with E-state index in [-0.39, 0.29) is 13.2 Å². The highest BCUT2D eigenvalue weighted by molar-refractivity contribution is 5.36. The maximum atomic E-state index is 10.0. The van der Waals surface area contributed by atoms with Crippen LogP contribution >= 0.6 is 0 Å². The van der Waals surface area contributed by atoms with E-state index >= 15 is 0 Å². The SMILES string of the molecule is Cc1ccc(OCC(O)c2ccccc2)c(CO)c1. The average Bonchev–Trinajstić information content (AvgIpc) is 2.46. The molecule has 0 aliphatic carbocycles. The van der Waals surface area contributed by atoms with Crippen molar-refractivity contribution in [1.29, 1.82) is 0 Å². The van der Waals surface area contributed by atoms with Crippen LogP contribution in [0, 0.1) is 6.92 Å². The molecule has 3 heteroatoms. The summed E-state index contributed by atoms with van der Waals surface area (Å²) in [5, 5.41) is 19.3. The van der Waals surface area contributed by atoms with Gasteiger partial charge >= 0.3 is 0 Å². The Bertz CT molecular complexity index is 523. The van der Waals surface area contributed by atoms with Crippen molar-refractivity contribution in [2.75, 3.05) is 6.61 Å². The Morgan fingerprint density at radius 1 is 1.11 bits per heavy atom. The lowest BCUT2D eigenvalue weighted by Gasteiger charge is -2.15. The Hall–Kier alpha value is -1.84. The summed E-state index contributed by atoms with van der Waals surface area (Å²) < 4.78 is 5.59. The van der Waals surface area contributed by atoms with E-state index in [2.05, 4.69) is 0 Å². The van der Waals surface area contributed by atoms with Crippen molar-refractivity contribution < 1.29 is 14.9 Å². The van der Waals surface area contributed by atoms with Gasteiger partial charge in [-0.25, -0.2) is 0 Å². The van der Waals surface area contributed by atoms with Gasteiger partial charge in [-0.05, 0) is 18.6 Å². The van der Waals surface area contributed by atoms with Crippen molar-refractivity contribution in [3.8, 4) is 5.75 Å². The number of hydrogen-bond donors (Lipinski definition) is 2. The van der Waals surface area contributed by atoms with Crippen molar-refractivity contribution in [3.05, 3.63) is 65.2 Å². The highest BCUT2D eigenvalue weighted by Gasteiger charge is 2.09. The number of ether oxygens (including phenoxy) is 1. The van der Waals surface area contributed by atoms with Crippen LogP contribution in [0.2, 0.25) is 0 Å². The van der Waals surface area contributed by atoms with E-state index in [0.29, 0.717) is 5.75 Å². The first-order chi connectivity index (χ1) is 9.20. The maximum Gasteiger partial charge on any atom is 0.124 e. The van der Waals surface area contributed by atoms with Gasteiger partial charge in [-0.1, -0.05) is 48.0 Å². The van der Waals surface area contributed by atoms with Gasteiger partial charge in [0.05, 0.1) is 6.61 Å². The third-order valence-electron chi connectivity index (χ3n) is 2.97. The number of rotatable bonds is 5. The Labute approximate surface area is 113 Å². The first-order valence-corrected chi connectivity index (χ1v) is 6.27. The van der Waals surface area contributed by atoms with Crippen molar-refractivity contribution in [3.63, 3.8) is 0 Å². The summed E-state index contributed by atoms with van der Waals surface area (Å²) >= 11 is 0. The molecule has 1 unspecified atom stereocenters. The first-order valence-electron chi connectivity index (χ1n) is 6.27. The molecule has 2 aromatic carbocycles. The average molecular weight is 258 g/mol. The molecule has 0 saturated heterocycles. The molecule has 0 fully saturated rings. The fraction of sp³-hybridized carbons (Fsp3) is 0.250. The van der Waals surface area contributed by atoms with Crippen molar-refractivity contribution in [2.24, 2.45) is 0 Å². The number of hydrogen-bond acceptors (Lipinski definition) is 3. The molecule has 0 heterocycles. The predicted molar refractivity (Wildman–Crippen MR) is 74.0 cm³/mol. The van der Waals surface area contributed by atoms with Gasteiger partial charge in [0, 0.05) is 5.56 Å². The molecule has 100 valence electrons. The lowest BCUT2D eigenvalue weighted by atomic mass is 10.1. The van der Waals surface area contributed by atoms with Gasteiger partial charge in [0.2, 0.25) is 0 Å². The normalized spacial score (nSPS) is 12.2. The molecule has 0 aliphatic rings. The van der Waals surface area contributed by atoms with Crippen LogP contribution in [0.15, 0.2) is 48.5 Å². The van der Waals surface area contributed by atoms with Crippen LogP contribution in [0.3, 0.4) is 0 Å². The third-order valence-corrected chi connectivity index (χ3v) is 2.97. The molecule has 0 aliphatic heterocycles. The Morgan fingerprint density at radius 2 is 1.84 bits per heavy atom. The molecule has 0 aromatic heterocycles. The first kappa shape index (κ1) is 13.6. The number of aliphatic hydroxyl groups excluding tert-OH is 2. The van der Waals surface area contributed by atoms with Gasteiger partial charge in [0.1, 0.15) is 18.5 Å². The molecular formula is C16H18O3. The summed E-state index contributed by atoms with van der Waals surface area (Å²) in [4.78, 5) is 0. The van der Waals surface area contributed by atoms with Crippen LogP contribution in [0.25, 0.3) is 0 Å². The number of aryl methyl sites for hydroxylation is 1. The zero-order valence-electron chi connectivity index (χ0n) is 10.9. The predicted octanol–water partition coefficient (Wildman–Crippen LogP) is 2.60. The van der Waals surface area contributed by atoms with Gasteiger partial charge in [0.25, 0.3) is 0 Å². The van der Waals surface area contributed by atoms with Crippen LogP contribution < -0.4 is 4.74 Å². The highest BCUT2D eigenvalue weighted by atomic mass is 16.5. The second kappa shape index (κ2) is 6.36. The molecule has 0 saturated carbocycles. The summed E-state index contributed by atoms with van der Waals surface area (Å²) in [5.41, 5.74) is 2.63. The van der Waals surface area contributed by atoms with Crippen LogP contribution in [-0.4, -0.2) is 16.8 Å². The number of benzene rings is 2. The van der Waals surface area contributed by atoms with Crippen LogP contribution in [0.5, 0.6) is 5.75 Å². The van der Waals surface area contributed by atoms with E-state index in [9.17, 15) is 10.2 Å². The zero-order valence-corrected chi connectivity index (χ0v) is 10.9. The van der Waals surface area contributed by atoms with Crippen molar-refractivity contribution in [1.82, 2.24) is 0 Å². The summed E-state index contributed by atoms with van der Waals surface area (Å²) in [6, 6.07) is 15.0. The van der Waals surface area contributed by atoms with E-state index in [1.54, 1.807) is 0 Å². The molecular weight excluding hydrogens is 240 g/mol. The molecule has 2 N–H and O–H groups in total. The van der Waals surface area contributed by atoms with Crippen LogP contribution in [0.4, 0.5) is 0 Å². The fourth-order valence-electron chi connectivity index (χ4n) is 1.91. The molecule has 0 bridgehead atoms. The van der Waals surface area contributed by atoms with E-state index < -0.39 is 6.10 Å². The summed E-state index contributed by atoms with van der Waals surface area (Å²) in [6.07, 6.45) is -0.672. The molecule has 2 aromatic rings. The Kier molecular flexibility index (Phi) is 4.55. The summed E-state index contributed by atoms with van der Waals surface area (Å²) in [5.74, 6) is 0.614. The van der Waals surface area contributed by atoms with E-state index in [1.807, 2.05) is 55.5 Å². The summed E-state index contributed by atoms with van der Waals surface area (Å²) in [7, 11) is 0. The molecule has 0 spiro atoms.